The lowest BCUT2D eigenvalue weighted by molar-refractivity contribution is 0.0969. The van der Waals surface area contributed by atoms with Gasteiger partial charge in [0, 0.05) is 38.2 Å². The molecule has 1 aromatic rings. The molecule has 1 atom stereocenters. The topological polar surface area (TPSA) is 41.9 Å². The lowest BCUT2D eigenvalue weighted by Crippen LogP contribution is -2.38. The first-order valence-electron chi connectivity index (χ1n) is 6.50. The number of benzene rings is 1. The van der Waals surface area contributed by atoms with Crippen LogP contribution in [-0.4, -0.2) is 56.1 Å². The number of halogens is 1. The zero-order valence-electron chi connectivity index (χ0n) is 11.1. The number of nitrogens with zero attached hydrogens (tertiary/aromatic N) is 1. The molecule has 1 aliphatic rings. The van der Waals surface area contributed by atoms with E-state index in [1.54, 1.807) is 7.11 Å². The first-order valence-corrected chi connectivity index (χ1v) is 6.88. The third kappa shape index (κ3) is 4.08. The van der Waals surface area contributed by atoms with E-state index in [0.717, 1.165) is 35.8 Å². The number of ether oxygens (including phenoxy) is 2. The van der Waals surface area contributed by atoms with Crippen molar-refractivity contribution in [3.05, 3.63) is 28.8 Å². The van der Waals surface area contributed by atoms with E-state index in [1.807, 2.05) is 18.2 Å². The second kappa shape index (κ2) is 7.10. The molecule has 1 heterocycles. The highest BCUT2D eigenvalue weighted by molar-refractivity contribution is 6.30. The van der Waals surface area contributed by atoms with Crippen molar-refractivity contribution in [2.24, 2.45) is 0 Å². The minimum absolute atomic E-state index is 0.122. The lowest BCUT2D eigenvalue weighted by Gasteiger charge is -2.24. The summed E-state index contributed by atoms with van der Waals surface area (Å²) >= 11 is 5.98. The van der Waals surface area contributed by atoms with Gasteiger partial charge in [0.1, 0.15) is 11.9 Å². The maximum atomic E-state index is 9.08. The van der Waals surface area contributed by atoms with Crippen LogP contribution >= 0.6 is 11.6 Å². The fourth-order valence-corrected chi connectivity index (χ4v) is 2.53. The quantitative estimate of drug-likeness (QED) is 0.826. The largest absolute Gasteiger partial charge is 0.488 e. The van der Waals surface area contributed by atoms with Gasteiger partial charge >= 0.3 is 0 Å². The SMILES string of the molecule is COCCN(CCO)CC1Cc2cc(Cl)ccc2O1. The minimum atomic E-state index is 0.122. The summed E-state index contributed by atoms with van der Waals surface area (Å²) in [5, 5.41) is 9.82. The Bertz CT molecular complexity index is 414. The molecule has 0 radical (unpaired) electrons. The van der Waals surface area contributed by atoms with E-state index in [2.05, 4.69) is 4.90 Å². The Morgan fingerprint density at radius 3 is 3.05 bits per heavy atom. The van der Waals surface area contributed by atoms with E-state index in [0.29, 0.717) is 13.2 Å². The zero-order chi connectivity index (χ0) is 13.7. The maximum Gasteiger partial charge on any atom is 0.123 e. The predicted octanol–water partition coefficient (Wildman–Crippen LogP) is 1.58. The molecular formula is C14H20ClNO3. The number of fused-ring (bicyclic) bond motifs is 1. The van der Waals surface area contributed by atoms with Crippen LogP contribution in [0.25, 0.3) is 0 Å². The standard InChI is InChI=1S/C14H20ClNO3/c1-18-7-5-16(4-6-17)10-13-9-11-8-12(15)2-3-14(11)19-13/h2-3,8,13,17H,4-7,9-10H2,1H3. The molecule has 5 heteroatoms. The molecule has 0 fully saturated rings. The van der Waals surface area contributed by atoms with Gasteiger partial charge in [-0.15, -0.1) is 0 Å². The molecule has 0 saturated carbocycles. The van der Waals surface area contributed by atoms with Crippen LogP contribution < -0.4 is 4.74 Å². The molecule has 1 aliphatic heterocycles. The van der Waals surface area contributed by atoms with Crippen LogP contribution in [0.3, 0.4) is 0 Å². The number of hydrogen-bond acceptors (Lipinski definition) is 4. The summed E-state index contributed by atoms with van der Waals surface area (Å²) in [7, 11) is 1.68. The van der Waals surface area contributed by atoms with Crippen LogP contribution in [0, 0.1) is 0 Å². The van der Waals surface area contributed by atoms with Crippen LogP contribution in [0.5, 0.6) is 5.75 Å². The van der Waals surface area contributed by atoms with Crippen molar-refractivity contribution in [3.8, 4) is 5.75 Å². The number of aliphatic hydroxyl groups is 1. The third-order valence-corrected chi connectivity index (χ3v) is 3.49. The van der Waals surface area contributed by atoms with Crippen molar-refractivity contribution in [2.75, 3.05) is 40.0 Å². The summed E-state index contributed by atoms with van der Waals surface area (Å²) < 4.78 is 11.0. The molecule has 1 N–H and O–H groups in total. The molecule has 2 rings (SSSR count). The number of hydrogen-bond donors (Lipinski definition) is 1. The highest BCUT2D eigenvalue weighted by Gasteiger charge is 2.24. The fourth-order valence-electron chi connectivity index (χ4n) is 2.34. The predicted molar refractivity (Wildman–Crippen MR) is 75.0 cm³/mol. The summed E-state index contributed by atoms with van der Waals surface area (Å²) in [5.41, 5.74) is 1.16. The van der Waals surface area contributed by atoms with Crippen molar-refractivity contribution < 1.29 is 14.6 Å². The van der Waals surface area contributed by atoms with Crippen molar-refractivity contribution in [2.45, 2.75) is 12.5 Å². The lowest BCUT2D eigenvalue weighted by atomic mass is 10.1. The molecule has 0 saturated heterocycles. The molecule has 1 unspecified atom stereocenters. The van der Waals surface area contributed by atoms with Gasteiger partial charge in [0.25, 0.3) is 0 Å². The van der Waals surface area contributed by atoms with Gasteiger partial charge in [-0.3, -0.25) is 4.90 Å². The molecule has 0 spiro atoms. The van der Waals surface area contributed by atoms with Gasteiger partial charge < -0.3 is 14.6 Å². The molecule has 0 amide bonds. The minimum Gasteiger partial charge on any atom is -0.488 e. The number of methoxy groups -OCH3 is 1. The molecule has 19 heavy (non-hydrogen) atoms. The summed E-state index contributed by atoms with van der Waals surface area (Å²) in [6, 6.07) is 5.73. The van der Waals surface area contributed by atoms with E-state index >= 15 is 0 Å². The van der Waals surface area contributed by atoms with Gasteiger partial charge in [0.15, 0.2) is 0 Å². The van der Waals surface area contributed by atoms with Gasteiger partial charge in [0.2, 0.25) is 0 Å². The summed E-state index contributed by atoms with van der Waals surface area (Å²) in [4.78, 5) is 2.15. The molecular weight excluding hydrogens is 266 g/mol. The summed E-state index contributed by atoms with van der Waals surface area (Å²) in [5.74, 6) is 0.921. The molecule has 4 nitrogen and oxygen atoms in total. The Kier molecular flexibility index (Phi) is 5.45. The molecule has 1 aromatic carbocycles. The Hall–Kier alpha value is -0.810. The average Bonchev–Trinajstić information content (AvgIpc) is 2.77. The second-order valence-electron chi connectivity index (χ2n) is 4.71. The first kappa shape index (κ1) is 14.6. The van der Waals surface area contributed by atoms with Crippen molar-refractivity contribution in [1.82, 2.24) is 4.90 Å². The smallest absolute Gasteiger partial charge is 0.123 e. The molecule has 0 aromatic heterocycles. The van der Waals surface area contributed by atoms with E-state index in [9.17, 15) is 0 Å². The highest BCUT2D eigenvalue weighted by Crippen LogP contribution is 2.31. The van der Waals surface area contributed by atoms with E-state index in [-0.39, 0.29) is 12.7 Å². The van der Waals surface area contributed by atoms with Crippen molar-refractivity contribution in [3.63, 3.8) is 0 Å². The van der Waals surface area contributed by atoms with E-state index in [1.165, 1.54) is 0 Å². The maximum absolute atomic E-state index is 9.08. The van der Waals surface area contributed by atoms with Crippen LogP contribution in [0.4, 0.5) is 0 Å². The van der Waals surface area contributed by atoms with Gasteiger partial charge in [-0.2, -0.15) is 0 Å². The van der Waals surface area contributed by atoms with Crippen LogP contribution in [0.15, 0.2) is 18.2 Å². The fraction of sp³-hybridized carbons (Fsp3) is 0.571. The molecule has 0 aliphatic carbocycles. The highest BCUT2D eigenvalue weighted by atomic mass is 35.5. The molecule has 106 valence electrons. The van der Waals surface area contributed by atoms with Crippen molar-refractivity contribution >= 4 is 11.6 Å². The number of rotatable bonds is 7. The van der Waals surface area contributed by atoms with Gasteiger partial charge in [-0.05, 0) is 23.8 Å². The van der Waals surface area contributed by atoms with Crippen LogP contribution in [0.1, 0.15) is 5.56 Å². The first-order chi connectivity index (χ1) is 9.22. The Labute approximate surface area is 118 Å². The molecule has 0 bridgehead atoms. The third-order valence-electron chi connectivity index (χ3n) is 3.25. The van der Waals surface area contributed by atoms with E-state index in [4.69, 9.17) is 26.2 Å². The normalized spacial score (nSPS) is 17.6. The van der Waals surface area contributed by atoms with Gasteiger partial charge in [-0.25, -0.2) is 0 Å². The Balaban J connectivity index is 1.90. The zero-order valence-corrected chi connectivity index (χ0v) is 11.9. The summed E-state index contributed by atoms with van der Waals surface area (Å²) in [6.07, 6.45) is 0.988. The van der Waals surface area contributed by atoms with Crippen molar-refractivity contribution in [1.29, 1.82) is 0 Å². The second-order valence-corrected chi connectivity index (χ2v) is 5.15. The monoisotopic (exact) mass is 285 g/mol. The van der Waals surface area contributed by atoms with Crippen LogP contribution in [-0.2, 0) is 11.2 Å². The Morgan fingerprint density at radius 2 is 2.32 bits per heavy atom. The van der Waals surface area contributed by atoms with Gasteiger partial charge in [0.05, 0.1) is 13.2 Å². The van der Waals surface area contributed by atoms with Crippen LogP contribution in [0.2, 0.25) is 5.02 Å². The average molecular weight is 286 g/mol. The number of aliphatic hydroxyl groups excluding tert-OH is 1. The summed E-state index contributed by atoms with van der Waals surface area (Å²) in [6.45, 7) is 3.03. The van der Waals surface area contributed by atoms with Gasteiger partial charge in [-0.1, -0.05) is 11.6 Å². The van der Waals surface area contributed by atoms with E-state index < -0.39 is 0 Å². The Morgan fingerprint density at radius 1 is 1.47 bits per heavy atom.